The molecule has 0 aliphatic heterocycles. The minimum absolute atomic E-state index is 0.305. The Morgan fingerprint density at radius 2 is 1.56 bits per heavy atom. The second kappa shape index (κ2) is 9.70. The second-order valence-corrected chi connectivity index (χ2v) is 7.80. The predicted molar refractivity (Wildman–Crippen MR) is 131 cm³/mol. The van der Waals surface area contributed by atoms with Crippen molar-refractivity contribution in [3.8, 4) is 40.0 Å². The average molecular weight is 459 g/mol. The summed E-state index contributed by atoms with van der Waals surface area (Å²) in [6.45, 7) is 4.12. The van der Waals surface area contributed by atoms with Crippen molar-refractivity contribution in [2.75, 3.05) is 26.6 Å². The molecule has 4 aromatic rings. The van der Waals surface area contributed by atoms with Crippen LogP contribution in [0.25, 0.3) is 22.7 Å². The standard InChI is InChI=1S/C27H26N2O5/c1-16-6-11-21(17(2)12-16)22-15-34-27(29-22)18-7-9-20(10-8-18)28-26(30)19-13-23(31-3)25(33-5)24(14-19)32-4/h6-15H,1-5H3,(H,28,30). The first-order valence-electron chi connectivity index (χ1n) is 10.7. The number of aromatic nitrogens is 1. The Morgan fingerprint density at radius 3 is 2.15 bits per heavy atom. The average Bonchev–Trinajstić information content (AvgIpc) is 3.33. The highest BCUT2D eigenvalue weighted by atomic mass is 16.5. The SMILES string of the molecule is COc1cc(C(=O)Nc2ccc(-c3nc(-c4ccc(C)cc4C)co3)cc2)cc(OC)c1OC. The molecular formula is C27H26N2O5. The molecular weight excluding hydrogens is 432 g/mol. The molecule has 34 heavy (non-hydrogen) atoms. The number of carbonyl (C=O) groups is 1. The number of nitrogens with zero attached hydrogens (tertiary/aromatic N) is 1. The van der Waals surface area contributed by atoms with Gasteiger partial charge in [-0.1, -0.05) is 23.8 Å². The van der Waals surface area contributed by atoms with Crippen molar-refractivity contribution >= 4 is 11.6 Å². The zero-order valence-electron chi connectivity index (χ0n) is 19.8. The molecule has 7 heteroatoms. The summed E-state index contributed by atoms with van der Waals surface area (Å²) in [5, 5.41) is 2.88. The normalized spacial score (nSPS) is 10.6. The molecule has 0 radical (unpaired) electrons. The van der Waals surface area contributed by atoms with Crippen molar-refractivity contribution in [3.05, 3.63) is 77.6 Å². The number of nitrogens with one attached hydrogen (secondary N) is 1. The summed E-state index contributed by atoms with van der Waals surface area (Å²) in [5.41, 5.74) is 5.98. The van der Waals surface area contributed by atoms with Crippen molar-refractivity contribution in [2.24, 2.45) is 0 Å². The molecule has 1 N–H and O–H groups in total. The Hall–Kier alpha value is -4.26. The van der Waals surface area contributed by atoms with E-state index in [0.29, 0.717) is 34.4 Å². The first kappa shape index (κ1) is 22.9. The molecule has 0 spiro atoms. The van der Waals surface area contributed by atoms with Crippen LogP contribution >= 0.6 is 0 Å². The van der Waals surface area contributed by atoms with Crippen LogP contribution in [0.5, 0.6) is 17.2 Å². The molecule has 1 amide bonds. The van der Waals surface area contributed by atoms with Gasteiger partial charge in [0.05, 0.1) is 21.3 Å². The molecule has 0 aliphatic rings. The minimum Gasteiger partial charge on any atom is -0.493 e. The van der Waals surface area contributed by atoms with E-state index >= 15 is 0 Å². The Balaban J connectivity index is 1.52. The van der Waals surface area contributed by atoms with Crippen molar-refractivity contribution in [1.82, 2.24) is 4.98 Å². The number of anilines is 1. The van der Waals surface area contributed by atoms with E-state index in [1.54, 1.807) is 30.5 Å². The van der Waals surface area contributed by atoms with Gasteiger partial charge in [0.15, 0.2) is 11.5 Å². The van der Waals surface area contributed by atoms with Gasteiger partial charge in [-0.15, -0.1) is 0 Å². The summed E-state index contributed by atoms with van der Waals surface area (Å²) in [6.07, 6.45) is 1.66. The lowest BCUT2D eigenvalue weighted by Crippen LogP contribution is -2.12. The highest BCUT2D eigenvalue weighted by Gasteiger charge is 2.17. The summed E-state index contributed by atoms with van der Waals surface area (Å²) >= 11 is 0. The van der Waals surface area contributed by atoms with E-state index in [4.69, 9.17) is 18.6 Å². The molecule has 1 heterocycles. The van der Waals surface area contributed by atoms with Crippen LogP contribution in [-0.4, -0.2) is 32.2 Å². The van der Waals surface area contributed by atoms with Crippen LogP contribution in [0.1, 0.15) is 21.5 Å². The summed E-state index contributed by atoms with van der Waals surface area (Å²) in [6, 6.07) is 16.7. The Labute approximate surface area is 198 Å². The van der Waals surface area contributed by atoms with E-state index < -0.39 is 0 Å². The molecule has 174 valence electrons. The van der Waals surface area contributed by atoms with Crippen LogP contribution in [0.15, 0.2) is 65.3 Å². The van der Waals surface area contributed by atoms with Crippen LogP contribution < -0.4 is 19.5 Å². The molecule has 7 nitrogen and oxygen atoms in total. The van der Waals surface area contributed by atoms with E-state index in [1.807, 2.05) is 18.2 Å². The third-order valence-electron chi connectivity index (χ3n) is 5.48. The van der Waals surface area contributed by atoms with Crippen molar-refractivity contribution in [3.63, 3.8) is 0 Å². The maximum atomic E-state index is 12.8. The smallest absolute Gasteiger partial charge is 0.255 e. The molecule has 0 bridgehead atoms. The monoisotopic (exact) mass is 458 g/mol. The number of hydrogen-bond donors (Lipinski definition) is 1. The fourth-order valence-electron chi connectivity index (χ4n) is 3.74. The van der Waals surface area contributed by atoms with Crippen molar-refractivity contribution in [1.29, 1.82) is 0 Å². The molecule has 0 atom stereocenters. The third-order valence-corrected chi connectivity index (χ3v) is 5.48. The number of carbonyl (C=O) groups excluding carboxylic acids is 1. The van der Waals surface area contributed by atoms with E-state index in [1.165, 1.54) is 26.9 Å². The van der Waals surface area contributed by atoms with Crippen molar-refractivity contribution in [2.45, 2.75) is 13.8 Å². The lowest BCUT2D eigenvalue weighted by molar-refractivity contribution is 0.102. The maximum Gasteiger partial charge on any atom is 0.255 e. The lowest BCUT2D eigenvalue weighted by Gasteiger charge is -2.14. The van der Waals surface area contributed by atoms with Gasteiger partial charge in [0, 0.05) is 22.4 Å². The highest BCUT2D eigenvalue weighted by molar-refractivity contribution is 6.05. The molecule has 0 aliphatic carbocycles. The fraction of sp³-hybridized carbons (Fsp3) is 0.185. The number of benzene rings is 3. The Bertz CT molecular complexity index is 1300. The van der Waals surface area contributed by atoms with Crippen molar-refractivity contribution < 1.29 is 23.4 Å². The number of methoxy groups -OCH3 is 3. The van der Waals surface area contributed by atoms with E-state index in [0.717, 1.165) is 22.4 Å². The zero-order chi connectivity index (χ0) is 24.2. The number of rotatable bonds is 7. The first-order valence-corrected chi connectivity index (χ1v) is 10.7. The number of aryl methyl sites for hydroxylation is 2. The molecule has 0 unspecified atom stereocenters. The minimum atomic E-state index is -0.305. The van der Waals surface area contributed by atoms with E-state index in [9.17, 15) is 4.79 Å². The summed E-state index contributed by atoms with van der Waals surface area (Å²) in [5.74, 6) is 1.45. The quantitative estimate of drug-likeness (QED) is 0.371. The van der Waals surface area contributed by atoms with Gasteiger partial charge in [0.1, 0.15) is 12.0 Å². The van der Waals surface area contributed by atoms with Gasteiger partial charge in [0.2, 0.25) is 11.6 Å². The number of oxazole rings is 1. The third kappa shape index (κ3) is 4.59. The van der Waals surface area contributed by atoms with Gasteiger partial charge >= 0.3 is 0 Å². The van der Waals surface area contributed by atoms with Crippen LogP contribution in [0, 0.1) is 13.8 Å². The largest absolute Gasteiger partial charge is 0.493 e. The second-order valence-electron chi connectivity index (χ2n) is 7.80. The number of amides is 1. The van der Waals surface area contributed by atoms with Gasteiger partial charge in [-0.05, 0) is 55.8 Å². The van der Waals surface area contributed by atoms with E-state index in [-0.39, 0.29) is 5.91 Å². The maximum absolute atomic E-state index is 12.8. The zero-order valence-corrected chi connectivity index (χ0v) is 19.8. The fourth-order valence-corrected chi connectivity index (χ4v) is 3.74. The Kier molecular flexibility index (Phi) is 6.54. The lowest BCUT2D eigenvalue weighted by atomic mass is 10.0. The first-order chi connectivity index (χ1) is 16.4. The van der Waals surface area contributed by atoms with Crippen LogP contribution in [0.4, 0.5) is 5.69 Å². The number of hydrogen-bond acceptors (Lipinski definition) is 6. The molecule has 0 saturated heterocycles. The molecule has 3 aromatic carbocycles. The highest BCUT2D eigenvalue weighted by Crippen LogP contribution is 2.38. The summed E-state index contributed by atoms with van der Waals surface area (Å²) in [4.78, 5) is 17.5. The molecule has 1 aromatic heterocycles. The van der Waals surface area contributed by atoms with Crippen LogP contribution in [0.3, 0.4) is 0 Å². The van der Waals surface area contributed by atoms with E-state index in [2.05, 4.69) is 36.3 Å². The van der Waals surface area contributed by atoms with Gasteiger partial charge < -0.3 is 23.9 Å². The van der Waals surface area contributed by atoms with Crippen LogP contribution in [-0.2, 0) is 0 Å². The van der Waals surface area contributed by atoms with Gasteiger partial charge in [-0.3, -0.25) is 4.79 Å². The van der Waals surface area contributed by atoms with Gasteiger partial charge in [-0.25, -0.2) is 4.98 Å². The molecule has 4 rings (SSSR count). The Morgan fingerprint density at radius 1 is 0.882 bits per heavy atom. The van der Waals surface area contributed by atoms with Crippen LogP contribution in [0.2, 0.25) is 0 Å². The van der Waals surface area contributed by atoms with Gasteiger partial charge in [0.25, 0.3) is 5.91 Å². The summed E-state index contributed by atoms with van der Waals surface area (Å²) < 4.78 is 21.7. The molecule has 0 saturated carbocycles. The summed E-state index contributed by atoms with van der Waals surface area (Å²) in [7, 11) is 4.53. The predicted octanol–water partition coefficient (Wildman–Crippen LogP) is 5.90. The number of ether oxygens (including phenoxy) is 3. The van der Waals surface area contributed by atoms with Gasteiger partial charge in [-0.2, -0.15) is 0 Å². The topological polar surface area (TPSA) is 82.8 Å². The molecule has 0 fully saturated rings.